The number of nitrogens with zero attached hydrogens (tertiary/aromatic N) is 2. The predicted octanol–water partition coefficient (Wildman–Crippen LogP) is 4.86. The van der Waals surface area contributed by atoms with Crippen LogP contribution in [0.2, 0.25) is 0 Å². The van der Waals surface area contributed by atoms with Gasteiger partial charge in [-0.3, -0.25) is 4.79 Å². The predicted molar refractivity (Wildman–Crippen MR) is 109 cm³/mol. The lowest BCUT2D eigenvalue weighted by molar-refractivity contribution is -0.119. The molecule has 3 aromatic heterocycles. The van der Waals surface area contributed by atoms with E-state index in [1.165, 1.54) is 23.1 Å². The Morgan fingerprint density at radius 3 is 2.59 bits per heavy atom. The Morgan fingerprint density at radius 1 is 1.04 bits per heavy atom. The van der Waals surface area contributed by atoms with Crippen molar-refractivity contribution in [1.82, 2.24) is 15.5 Å². The molecule has 0 saturated carbocycles. The Morgan fingerprint density at radius 2 is 1.85 bits per heavy atom. The zero-order valence-electron chi connectivity index (χ0n) is 14.1. The van der Waals surface area contributed by atoms with Crippen LogP contribution in [0.15, 0.2) is 75.0 Å². The van der Waals surface area contributed by atoms with Crippen molar-refractivity contribution in [2.75, 3.05) is 5.75 Å². The highest BCUT2D eigenvalue weighted by Gasteiger charge is 2.19. The molecule has 1 amide bonds. The summed E-state index contributed by atoms with van der Waals surface area (Å²) in [6.07, 6.45) is 0. The number of aromatic nitrogens is 2. The summed E-state index contributed by atoms with van der Waals surface area (Å²) in [5.41, 5.74) is 1.05. The molecule has 27 heavy (non-hydrogen) atoms. The van der Waals surface area contributed by atoms with Crippen LogP contribution in [0.5, 0.6) is 0 Å². The number of amides is 1. The van der Waals surface area contributed by atoms with Gasteiger partial charge in [0.05, 0.1) is 16.7 Å². The molecular weight excluding hydrogens is 398 g/mol. The SMILES string of the molecule is O=C(CSc1nnc(-c2cccs2)o1)N[C@H](c1ccccc1)c1cccs1. The lowest BCUT2D eigenvalue weighted by Gasteiger charge is -2.17. The second-order valence-electron chi connectivity index (χ2n) is 5.57. The molecule has 3 heterocycles. The Bertz CT molecular complexity index is 983. The number of hydrogen-bond donors (Lipinski definition) is 1. The molecule has 1 aromatic carbocycles. The van der Waals surface area contributed by atoms with Crippen LogP contribution in [0.25, 0.3) is 10.8 Å². The molecule has 8 heteroatoms. The molecule has 1 atom stereocenters. The molecule has 5 nitrogen and oxygen atoms in total. The molecule has 0 aliphatic carbocycles. The highest BCUT2D eigenvalue weighted by Crippen LogP contribution is 2.28. The van der Waals surface area contributed by atoms with Gasteiger partial charge in [0, 0.05) is 4.88 Å². The highest BCUT2D eigenvalue weighted by atomic mass is 32.2. The smallest absolute Gasteiger partial charge is 0.277 e. The Balaban J connectivity index is 1.40. The fraction of sp³-hybridized carbons (Fsp3) is 0.105. The van der Waals surface area contributed by atoms with Crippen molar-refractivity contribution in [2.45, 2.75) is 11.3 Å². The van der Waals surface area contributed by atoms with Crippen molar-refractivity contribution in [2.24, 2.45) is 0 Å². The summed E-state index contributed by atoms with van der Waals surface area (Å²) >= 11 is 4.39. The molecule has 0 unspecified atom stereocenters. The zero-order chi connectivity index (χ0) is 18.5. The first-order chi connectivity index (χ1) is 13.3. The van der Waals surface area contributed by atoms with Gasteiger partial charge in [0.1, 0.15) is 0 Å². The van der Waals surface area contributed by atoms with E-state index in [0.717, 1.165) is 15.3 Å². The van der Waals surface area contributed by atoms with Gasteiger partial charge in [-0.25, -0.2) is 0 Å². The third-order valence-electron chi connectivity index (χ3n) is 3.73. The molecule has 0 fully saturated rings. The lowest BCUT2D eigenvalue weighted by atomic mass is 10.1. The van der Waals surface area contributed by atoms with Gasteiger partial charge in [0.2, 0.25) is 5.91 Å². The number of carbonyl (C=O) groups is 1. The Kier molecular flexibility index (Phi) is 5.66. The van der Waals surface area contributed by atoms with Gasteiger partial charge in [0.25, 0.3) is 11.1 Å². The quantitative estimate of drug-likeness (QED) is 0.438. The number of benzene rings is 1. The van der Waals surface area contributed by atoms with E-state index in [-0.39, 0.29) is 17.7 Å². The average Bonchev–Trinajstić information content (AvgIpc) is 3.47. The van der Waals surface area contributed by atoms with E-state index in [1.807, 2.05) is 65.4 Å². The second-order valence-corrected chi connectivity index (χ2v) is 8.42. The summed E-state index contributed by atoms with van der Waals surface area (Å²) in [4.78, 5) is 14.5. The minimum Gasteiger partial charge on any atom is -0.410 e. The second kappa shape index (κ2) is 8.51. The molecule has 4 aromatic rings. The van der Waals surface area contributed by atoms with E-state index in [0.29, 0.717) is 11.1 Å². The summed E-state index contributed by atoms with van der Waals surface area (Å²) in [6, 6.07) is 17.7. The molecule has 0 aliphatic heterocycles. The normalized spacial score (nSPS) is 12.0. The average molecular weight is 414 g/mol. The zero-order valence-corrected chi connectivity index (χ0v) is 16.5. The van der Waals surface area contributed by atoms with Crippen molar-refractivity contribution >= 4 is 40.3 Å². The summed E-state index contributed by atoms with van der Waals surface area (Å²) in [6.45, 7) is 0. The van der Waals surface area contributed by atoms with Gasteiger partial charge in [0.15, 0.2) is 0 Å². The maximum Gasteiger partial charge on any atom is 0.277 e. The van der Waals surface area contributed by atoms with Crippen molar-refractivity contribution in [3.8, 4) is 10.8 Å². The van der Waals surface area contributed by atoms with Crippen molar-refractivity contribution in [3.05, 3.63) is 75.8 Å². The summed E-state index contributed by atoms with van der Waals surface area (Å²) in [5, 5.41) is 15.5. The fourth-order valence-electron chi connectivity index (χ4n) is 2.52. The van der Waals surface area contributed by atoms with Crippen molar-refractivity contribution in [3.63, 3.8) is 0 Å². The maximum atomic E-state index is 12.5. The molecular formula is C19H15N3O2S3. The number of hydrogen-bond acceptors (Lipinski definition) is 7. The minimum atomic E-state index is -0.163. The van der Waals surface area contributed by atoms with Crippen LogP contribution in [-0.4, -0.2) is 21.9 Å². The van der Waals surface area contributed by atoms with Crippen molar-refractivity contribution in [1.29, 1.82) is 0 Å². The van der Waals surface area contributed by atoms with Crippen LogP contribution in [0.1, 0.15) is 16.5 Å². The van der Waals surface area contributed by atoms with Crippen molar-refractivity contribution < 1.29 is 9.21 Å². The van der Waals surface area contributed by atoms with Crippen LogP contribution in [0.3, 0.4) is 0 Å². The highest BCUT2D eigenvalue weighted by molar-refractivity contribution is 7.99. The summed E-state index contributed by atoms with van der Waals surface area (Å²) in [5.74, 6) is 0.604. The van der Waals surface area contributed by atoms with E-state index in [4.69, 9.17) is 4.42 Å². The Hall–Kier alpha value is -2.42. The first-order valence-corrected chi connectivity index (χ1v) is 10.9. The fourth-order valence-corrected chi connectivity index (χ4v) is 4.54. The monoisotopic (exact) mass is 413 g/mol. The molecule has 1 N–H and O–H groups in total. The minimum absolute atomic E-state index is 0.0851. The first kappa shape index (κ1) is 18.0. The molecule has 4 rings (SSSR count). The standard InChI is InChI=1S/C19H15N3O2S3/c23-16(12-27-19-22-21-18(24-19)15-9-5-11-26-15)20-17(14-8-4-10-25-14)13-6-2-1-3-7-13/h1-11,17H,12H2,(H,20,23)/t17-/m1/s1. The van der Waals surface area contributed by atoms with E-state index in [2.05, 4.69) is 15.5 Å². The van der Waals surface area contributed by atoms with Gasteiger partial charge in [-0.2, -0.15) is 0 Å². The maximum absolute atomic E-state index is 12.5. The largest absolute Gasteiger partial charge is 0.410 e. The van der Waals surface area contributed by atoms with Gasteiger partial charge < -0.3 is 9.73 Å². The number of carbonyl (C=O) groups excluding carboxylic acids is 1. The molecule has 0 aliphatic rings. The van der Waals surface area contributed by atoms with E-state index < -0.39 is 0 Å². The van der Waals surface area contributed by atoms with Gasteiger partial charge in [-0.15, -0.1) is 32.9 Å². The number of thiophene rings is 2. The van der Waals surface area contributed by atoms with Gasteiger partial charge in [-0.1, -0.05) is 54.2 Å². The van der Waals surface area contributed by atoms with Crippen LogP contribution in [-0.2, 0) is 4.79 Å². The van der Waals surface area contributed by atoms with Crippen LogP contribution < -0.4 is 5.32 Å². The van der Waals surface area contributed by atoms with Crippen LogP contribution in [0.4, 0.5) is 0 Å². The number of rotatable bonds is 7. The first-order valence-electron chi connectivity index (χ1n) is 8.17. The van der Waals surface area contributed by atoms with Gasteiger partial charge >= 0.3 is 0 Å². The molecule has 0 saturated heterocycles. The van der Waals surface area contributed by atoms with Crippen LogP contribution in [0, 0.1) is 0 Å². The van der Waals surface area contributed by atoms with E-state index in [1.54, 1.807) is 11.3 Å². The summed E-state index contributed by atoms with van der Waals surface area (Å²) < 4.78 is 5.61. The molecule has 136 valence electrons. The van der Waals surface area contributed by atoms with E-state index >= 15 is 0 Å². The lowest BCUT2D eigenvalue weighted by Crippen LogP contribution is -2.30. The molecule has 0 bridgehead atoms. The Labute approximate surface area is 168 Å². The topological polar surface area (TPSA) is 68.0 Å². The number of thioether (sulfide) groups is 1. The third-order valence-corrected chi connectivity index (χ3v) is 6.34. The van der Waals surface area contributed by atoms with E-state index in [9.17, 15) is 4.79 Å². The third kappa shape index (κ3) is 4.47. The van der Waals surface area contributed by atoms with Crippen LogP contribution >= 0.6 is 34.4 Å². The summed E-state index contributed by atoms with van der Waals surface area (Å²) in [7, 11) is 0. The molecule has 0 radical (unpaired) electrons. The van der Waals surface area contributed by atoms with Gasteiger partial charge in [-0.05, 0) is 28.5 Å². The number of nitrogens with one attached hydrogen (secondary N) is 1. The molecule has 0 spiro atoms.